The predicted octanol–water partition coefficient (Wildman–Crippen LogP) is 3.71. The molecule has 3 N–H and O–H groups in total. The van der Waals surface area contributed by atoms with Crippen molar-refractivity contribution in [3.05, 3.63) is 76.9 Å². The van der Waals surface area contributed by atoms with Crippen molar-refractivity contribution in [2.75, 3.05) is 0 Å². The van der Waals surface area contributed by atoms with Crippen LogP contribution in [0.3, 0.4) is 0 Å². The zero-order valence-corrected chi connectivity index (χ0v) is 13.3. The van der Waals surface area contributed by atoms with Crippen molar-refractivity contribution in [3.8, 4) is 16.9 Å². The quantitative estimate of drug-likeness (QED) is 0.438. The van der Waals surface area contributed by atoms with E-state index in [0.29, 0.717) is 10.6 Å². The van der Waals surface area contributed by atoms with Crippen molar-refractivity contribution >= 4 is 17.5 Å². The van der Waals surface area contributed by atoms with Crippen LogP contribution in [0.1, 0.15) is 16.1 Å². The van der Waals surface area contributed by atoms with Crippen LogP contribution in [0, 0.1) is 6.92 Å². The van der Waals surface area contributed by atoms with Gasteiger partial charge in [-0.3, -0.25) is 10.2 Å². The van der Waals surface area contributed by atoms with Crippen LogP contribution in [0.2, 0.25) is 5.02 Å². The van der Waals surface area contributed by atoms with Gasteiger partial charge in [-0.15, -0.1) is 0 Å². The van der Waals surface area contributed by atoms with Gasteiger partial charge >= 0.3 is 0 Å². The van der Waals surface area contributed by atoms with Crippen LogP contribution in [-0.2, 0) is 0 Å². The Kier molecular flexibility index (Phi) is 4.19. The molecule has 1 amide bonds. The number of aromatic nitrogens is 1. The molecule has 3 rings (SSSR count). The summed E-state index contributed by atoms with van der Waals surface area (Å²) in [6.45, 7) is 2.02. The van der Waals surface area contributed by atoms with E-state index in [1.807, 2.05) is 37.3 Å². The third-order valence-corrected chi connectivity index (χ3v) is 4.06. The molecule has 0 aliphatic rings. The number of hydrogen-bond acceptors (Lipinski definition) is 2. The highest BCUT2D eigenvalue weighted by Crippen LogP contribution is 2.28. The molecule has 5 heteroatoms. The third-order valence-electron chi connectivity index (χ3n) is 3.73. The minimum Gasteiger partial charge on any atom is -0.314 e. The SMILES string of the molecule is Cc1ccc(-c2ccccc2)n1-c1ccc(Cl)c(C(=O)NN)c1. The summed E-state index contributed by atoms with van der Waals surface area (Å²) in [5, 5.41) is 0.364. The Balaban J connectivity index is 2.17. The number of nitrogens with one attached hydrogen (secondary N) is 1. The van der Waals surface area contributed by atoms with E-state index in [4.69, 9.17) is 17.4 Å². The van der Waals surface area contributed by atoms with E-state index in [9.17, 15) is 4.79 Å². The molecule has 0 unspecified atom stereocenters. The van der Waals surface area contributed by atoms with Gasteiger partial charge < -0.3 is 4.57 Å². The zero-order valence-electron chi connectivity index (χ0n) is 12.6. The molecular weight excluding hydrogens is 310 g/mol. The molecule has 2 aromatic carbocycles. The van der Waals surface area contributed by atoms with E-state index in [1.54, 1.807) is 12.1 Å². The van der Waals surface area contributed by atoms with E-state index < -0.39 is 5.91 Å². The van der Waals surface area contributed by atoms with Crippen LogP contribution in [-0.4, -0.2) is 10.5 Å². The lowest BCUT2D eigenvalue weighted by atomic mass is 10.1. The molecule has 1 aromatic heterocycles. The van der Waals surface area contributed by atoms with Crippen LogP contribution in [0.25, 0.3) is 16.9 Å². The number of nitrogens with two attached hydrogens (primary N) is 1. The molecule has 0 bridgehead atoms. The van der Waals surface area contributed by atoms with Crippen molar-refractivity contribution in [2.45, 2.75) is 6.92 Å². The van der Waals surface area contributed by atoms with Gasteiger partial charge in [0.05, 0.1) is 16.3 Å². The highest BCUT2D eigenvalue weighted by molar-refractivity contribution is 6.33. The first kappa shape index (κ1) is 15.3. The van der Waals surface area contributed by atoms with Crippen molar-refractivity contribution in [3.63, 3.8) is 0 Å². The molecule has 0 radical (unpaired) electrons. The van der Waals surface area contributed by atoms with Gasteiger partial charge in [0.15, 0.2) is 0 Å². The number of nitrogen functional groups attached to an aromatic ring is 1. The fourth-order valence-corrected chi connectivity index (χ4v) is 2.82. The van der Waals surface area contributed by atoms with Gasteiger partial charge in [0, 0.05) is 11.4 Å². The molecular formula is C18H16ClN3O. The molecule has 4 nitrogen and oxygen atoms in total. The number of nitrogens with zero attached hydrogens (tertiary/aromatic N) is 1. The Morgan fingerprint density at radius 3 is 2.52 bits per heavy atom. The summed E-state index contributed by atoms with van der Waals surface area (Å²) in [6.07, 6.45) is 0. The maximum absolute atomic E-state index is 11.9. The summed E-state index contributed by atoms with van der Waals surface area (Å²) in [6, 6.07) is 19.5. The van der Waals surface area contributed by atoms with Crippen LogP contribution in [0.5, 0.6) is 0 Å². The minimum absolute atomic E-state index is 0.346. The molecule has 0 aliphatic carbocycles. The number of aryl methyl sites for hydroxylation is 1. The van der Waals surface area contributed by atoms with Crippen molar-refractivity contribution in [1.29, 1.82) is 0 Å². The highest BCUT2D eigenvalue weighted by atomic mass is 35.5. The molecule has 0 aliphatic heterocycles. The van der Waals surface area contributed by atoms with Crippen LogP contribution < -0.4 is 11.3 Å². The number of benzene rings is 2. The second-order valence-corrected chi connectivity index (χ2v) is 5.61. The first-order chi connectivity index (χ1) is 11.1. The molecule has 3 aromatic rings. The summed E-state index contributed by atoms with van der Waals surface area (Å²) in [5.41, 5.74) is 6.53. The lowest BCUT2D eigenvalue weighted by Gasteiger charge is -2.14. The molecule has 23 heavy (non-hydrogen) atoms. The van der Waals surface area contributed by atoms with Gasteiger partial charge in [-0.2, -0.15) is 0 Å². The fraction of sp³-hybridized carbons (Fsp3) is 0.0556. The number of hydrazine groups is 1. The van der Waals surface area contributed by atoms with Gasteiger partial charge in [0.2, 0.25) is 0 Å². The van der Waals surface area contributed by atoms with Gasteiger partial charge in [0.25, 0.3) is 5.91 Å². The Morgan fingerprint density at radius 1 is 1.09 bits per heavy atom. The Morgan fingerprint density at radius 2 is 1.83 bits per heavy atom. The summed E-state index contributed by atoms with van der Waals surface area (Å²) >= 11 is 6.10. The lowest BCUT2D eigenvalue weighted by molar-refractivity contribution is 0.0954. The summed E-state index contributed by atoms with van der Waals surface area (Å²) in [4.78, 5) is 11.9. The number of carbonyl (C=O) groups is 1. The first-order valence-corrected chi connectivity index (χ1v) is 7.54. The van der Waals surface area contributed by atoms with Crippen molar-refractivity contribution in [2.24, 2.45) is 5.84 Å². The van der Waals surface area contributed by atoms with E-state index in [2.05, 4.69) is 28.2 Å². The third kappa shape index (κ3) is 2.86. The molecule has 1 heterocycles. The molecule has 0 spiro atoms. The molecule has 0 atom stereocenters. The normalized spacial score (nSPS) is 10.6. The molecule has 0 fully saturated rings. The summed E-state index contributed by atoms with van der Waals surface area (Å²) in [5.74, 6) is 4.81. The molecule has 0 saturated heterocycles. The molecule has 116 valence electrons. The van der Waals surface area contributed by atoms with E-state index in [1.165, 1.54) is 0 Å². The number of rotatable bonds is 3. The predicted molar refractivity (Wildman–Crippen MR) is 92.6 cm³/mol. The number of halogens is 1. The van der Waals surface area contributed by atoms with Gasteiger partial charge in [-0.25, -0.2) is 5.84 Å². The lowest BCUT2D eigenvalue weighted by Crippen LogP contribution is -2.30. The summed E-state index contributed by atoms with van der Waals surface area (Å²) in [7, 11) is 0. The van der Waals surface area contributed by atoms with Gasteiger partial charge in [-0.1, -0.05) is 41.9 Å². The number of carbonyl (C=O) groups excluding carboxylic acids is 1. The maximum Gasteiger partial charge on any atom is 0.266 e. The van der Waals surface area contributed by atoms with Gasteiger partial charge in [0.1, 0.15) is 0 Å². The average molecular weight is 326 g/mol. The highest BCUT2D eigenvalue weighted by Gasteiger charge is 2.14. The first-order valence-electron chi connectivity index (χ1n) is 7.16. The second-order valence-electron chi connectivity index (χ2n) is 5.20. The minimum atomic E-state index is -0.414. The van der Waals surface area contributed by atoms with Crippen LogP contribution in [0.15, 0.2) is 60.7 Å². The zero-order chi connectivity index (χ0) is 16.4. The Hall–Kier alpha value is -2.56. The Bertz CT molecular complexity index is 856. The van der Waals surface area contributed by atoms with Crippen LogP contribution >= 0.6 is 11.6 Å². The van der Waals surface area contributed by atoms with E-state index >= 15 is 0 Å². The number of amides is 1. The largest absolute Gasteiger partial charge is 0.314 e. The van der Waals surface area contributed by atoms with Crippen molar-refractivity contribution < 1.29 is 4.79 Å². The second kappa shape index (κ2) is 6.28. The number of hydrogen-bond donors (Lipinski definition) is 2. The smallest absolute Gasteiger partial charge is 0.266 e. The summed E-state index contributed by atoms with van der Waals surface area (Å²) < 4.78 is 2.08. The maximum atomic E-state index is 11.9. The van der Waals surface area contributed by atoms with E-state index in [-0.39, 0.29) is 0 Å². The van der Waals surface area contributed by atoms with Crippen molar-refractivity contribution in [1.82, 2.24) is 9.99 Å². The Labute approximate surface area is 139 Å². The topological polar surface area (TPSA) is 60.0 Å². The van der Waals surface area contributed by atoms with Gasteiger partial charge in [-0.05, 0) is 42.8 Å². The fourth-order valence-electron chi connectivity index (χ4n) is 2.62. The van der Waals surface area contributed by atoms with E-state index in [0.717, 1.165) is 22.6 Å². The van der Waals surface area contributed by atoms with Crippen LogP contribution in [0.4, 0.5) is 0 Å². The standard InChI is InChI=1S/C18H16ClN3O/c1-12-7-10-17(13-5-3-2-4-6-13)22(12)14-8-9-16(19)15(11-14)18(23)21-20/h2-11H,20H2,1H3,(H,21,23). The average Bonchev–Trinajstić information content (AvgIpc) is 2.97. The molecule has 0 saturated carbocycles. The monoisotopic (exact) mass is 325 g/mol.